The van der Waals surface area contributed by atoms with Gasteiger partial charge in [-0.1, -0.05) is 12.1 Å². The molecule has 0 aliphatic carbocycles. The predicted molar refractivity (Wildman–Crippen MR) is 94.7 cm³/mol. The fraction of sp³-hybridized carbons (Fsp3) is 0.294. The SMILES string of the molecule is Cl.O=C(Nc1cccn(Cc2ccc(F)cc2)c1=O)C1COCCN1. The molecule has 1 atom stereocenters. The highest BCUT2D eigenvalue weighted by molar-refractivity contribution is 5.94. The Kier molecular flexibility index (Phi) is 6.69. The van der Waals surface area contributed by atoms with Gasteiger partial charge in [-0.15, -0.1) is 12.4 Å². The molecule has 0 radical (unpaired) electrons. The number of rotatable bonds is 4. The van der Waals surface area contributed by atoms with Gasteiger partial charge in [0.1, 0.15) is 17.5 Å². The average Bonchev–Trinajstić information content (AvgIpc) is 2.61. The van der Waals surface area contributed by atoms with E-state index in [4.69, 9.17) is 4.74 Å². The summed E-state index contributed by atoms with van der Waals surface area (Å²) in [6.07, 6.45) is 1.63. The van der Waals surface area contributed by atoms with Gasteiger partial charge in [0.05, 0.1) is 19.8 Å². The van der Waals surface area contributed by atoms with Crippen molar-refractivity contribution in [3.63, 3.8) is 0 Å². The smallest absolute Gasteiger partial charge is 0.274 e. The minimum absolute atomic E-state index is 0. The summed E-state index contributed by atoms with van der Waals surface area (Å²) in [7, 11) is 0. The van der Waals surface area contributed by atoms with Gasteiger partial charge in [0.25, 0.3) is 5.56 Å². The quantitative estimate of drug-likeness (QED) is 0.856. The lowest BCUT2D eigenvalue weighted by atomic mass is 10.2. The van der Waals surface area contributed by atoms with Crippen LogP contribution in [0.4, 0.5) is 10.1 Å². The van der Waals surface area contributed by atoms with Gasteiger partial charge in [-0.05, 0) is 29.8 Å². The van der Waals surface area contributed by atoms with Gasteiger partial charge in [-0.2, -0.15) is 0 Å². The molecule has 1 amide bonds. The topological polar surface area (TPSA) is 72.4 Å². The third kappa shape index (κ3) is 4.88. The first-order valence-electron chi connectivity index (χ1n) is 7.69. The van der Waals surface area contributed by atoms with Crippen molar-refractivity contribution in [3.8, 4) is 0 Å². The highest BCUT2D eigenvalue weighted by Crippen LogP contribution is 2.06. The largest absolute Gasteiger partial charge is 0.378 e. The molecule has 1 unspecified atom stereocenters. The van der Waals surface area contributed by atoms with E-state index < -0.39 is 6.04 Å². The van der Waals surface area contributed by atoms with Crippen LogP contribution in [-0.2, 0) is 16.1 Å². The van der Waals surface area contributed by atoms with E-state index in [0.29, 0.717) is 19.7 Å². The third-order valence-corrected chi connectivity index (χ3v) is 3.78. The zero-order chi connectivity index (χ0) is 16.9. The molecule has 8 heteroatoms. The molecule has 6 nitrogen and oxygen atoms in total. The van der Waals surface area contributed by atoms with Crippen molar-refractivity contribution in [1.29, 1.82) is 0 Å². The zero-order valence-electron chi connectivity index (χ0n) is 13.4. The second-order valence-corrected chi connectivity index (χ2v) is 5.55. The second kappa shape index (κ2) is 8.75. The van der Waals surface area contributed by atoms with Gasteiger partial charge in [0.2, 0.25) is 5.91 Å². The normalized spacial score (nSPS) is 16.8. The van der Waals surface area contributed by atoms with Crippen molar-refractivity contribution in [2.75, 3.05) is 25.1 Å². The summed E-state index contributed by atoms with van der Waals surface area (Å²) in [6, 6.07) is 8.72. The van der Waals surface area contributed by atoms with Gasteiger partial charge in [0.15, 0.2) is 0 Å². The van der Waals surface area contributed by atoms with E-state index in [9.17, 15) is 14.0 Å². The van der Waals surface area contributed by atoms with Crippen LogP contribution in [0.1, 0.15) is 5.56 Å². The van der Waals surface area contributed by atoms with Crippen molar-refractivity contribution in [1.82, 2.24) is 9.88 Å². The molecule has 0 spiro atoms. The molecule has 1 aliphatic rings. The first-order valence-corrected chi connectivity index (χ1v) is 7.69. The molecule has 1 aromatic carbocycles. The predicted octanol–water partition coefficient (Wildman–Crippen LogP) is 1.38. The Morgan fingerprint density at radius 2 is 2.08 bits per heavy atom. The van der Waals surface area contributed by atoms with Crippen LogP contribution in [-0.4, -0.2) is 36.3 Å². The van der Waals surface area contributed by atoms with Crippen molar-refractivity contribution in [2.45, 2.75) is 12.6 Å². The van der Waals surface area contributed by atoms with E-state index >= 15 is 0 Å². The number of nitrogens with one attached hydrogen (secondary N) is 2. The average molecular weight is 368 g/mol. The number of nitrogens with zero attached hydrogens (tertiary/aromatic N) is 1. The standard InChI is InChI=1S/C17H18FN3O3.ClH/c18-13-5-3-12(4-6-13)10-21-8-1-2-14(17(21)23)20-16(22)15-11-24-9-7-19-15;/h1-6,8,15,19H,7,9-11H2,(H,20,22);1H. The number of hydrogen-bond acceptors (Lipinski definition) is 4. The maximum atomic E-state index is 13.0. The van der Waals surface area contributed by atoms with Gasteiger partial charge in [-0.3, -0.25) is 9.59 Å². The number of carbonyl (C=O) groups excluding carboxylic acids is 1. The molecule has 0 saturated carbocycles. The molecule has 1 aromatic heterocycles. The van der Waals surface area contributed by atoms with Crippen molar-refractivity contribution in [2.24, 2.45) is 0 Å². The van der Waals surface area contributed by atoms with E-state index in [1.807, 2.05) is 0 Å². The van der Waals surface area contributed by atoms with E-state index in [2.05, 4.69) is 10.6 Å². The molecule has 2 N–H and O–H groups in total. The Hall–Kier alpha value is -2.22. The maximum absolute atomic E-state index is 13.0. The van der Waals surface area contributed by atoms with Crippen LogP contribution >= 0.6 is 12.4 Å². The minimum Gasteiger partial charge on any atom is -0.378 e. The Bertz CT molecular complexity index is 773. The summed E-state index contributed by atoms with van der Waals surface area (Å²) in [4.78, 5) is 24.7. The second-order valence-electron chi connectivity index (χ2n) is 5.55. The molecule has 1 aliphatic heterocycles. The summed E-state index contributed by atoms with van der Waals surface area (Å²) in [5.74, 6) is -0.624. The van der Waals surface area contributed by atoms with Gasteiger partial charge >= 0.3 is 0 Å². The van der Waals surface area contributed by atoms with E-state index in [1.165, 1.54) is 16.7 Å². The summed E-state index contributed by atoms with van der Waals surface area (Å²) in [6.45, 7) is 1.75. The summed E-state index contributed by atoms with van der Waals surface area (Å²) in [5, 5.41) is 5.68. The molecule has 2 aromatic rings. The fourth-order valence-corrected chi connectivity index (χ4v) is 2.50. The van der Waals surface area contributed by atoms with Crippen LogP contribution in [0.25, 0.3) is 0 Å². The summed E-state index contributed by atoms with van der Waals surface area (Å²) < 4.78 is 19.7. The highest BCUT2D eigenvalue weighted by atomic mass is 35.5. The van der Waals surface area contributed by atoms with Crippen LogP contribution in [0, 0.1) is 5.82 Å². The monoisotopic (exact) mass is 367 g/mol. The molecule has 134 valence electrons. The summed E-state index contributed by atoms with van der Waals surface area (Å²) >= 11 is 0. The molecule has 2 heterocycles. The number of halogens is 2. The fourth-order valence-electron chi connectivity index (χ4n) is 2.50. The highest BCUT2D eigenvalue weighted by Gasteiger charge is 2.22. The van der Waals surface area contributed by atoms with Gasteiger partial charge in [-0.25, -0.2) is 4.39 Å². The van der Waals surface area contributed by atoms with E-state index in [0.717, 1.165) is 5.56 Å². The number of carbonyl (C=O) groups is 1. The Labute approximate surface area is 150 Å². The molecule has 0 bridgehead atoms. The van der Waals surface area contributed by atoms with E-state index in [1.54, 1.807) is 30.5 Å². The lowest BCUT2D eigenvalue weighted by Crippen LogP contribution is -2.49. The van der Waals surface area contributed by atoms with Crippen LogP contribution in [0.5, 0.6) is 0 Å². The summed E-state index contributed by atoms with van der Waals surface area (Å²) in [5.41, 5.74) is 0.688. The number of amides is 1. The number of aromatic nitrogens is 1. The number of benzene rings is 1. The van der Waals surface area contributed by atoms with Crippen LogP contribution in [0.2, 0.25) is 0 Å². The number of morpholine rings is 1. The van der Waals surface area contributed by atoms with Crippen molar-refractivity contribution < 1.29 is 13.9 Å². The molecular formula is C17H19ClFN3O3. The first-order chi connectivity index (χ1) is 11.6. The van der Waals surface area contributed by atoms with Gasteiger partial charge < -0.3 is 19.9 Å². The minimum atomic E-state index is -0.469. The number of pyridine rings is 1. The molecule has 25 heavy (non-hydrogen) atoms. The molecule has 1 fully saturated rings. The first kappa shape index (κ1) is 19.1. The number of anilines is 1. The Morgan fingerprint density at radius 3 is 2.76 bits per heavy atom. The van der Waals surface area contributed by atoms with Crippen molar-refractivity contribution >= 4 is 24.0 Å². The van der Waals surface area contributed by atoms with Crippen LogP contribution in [0.3, 0.4) is 0 Å². The van der Waals surface area contributed by atoms with Crippen LogP contribution in [0.15, 0.2) is 47.4 Å². The van der Waals surface area contributed by atoms with Crippen LogP contribution < -0.4 is 16.2 Å². The third-order valence-electron chi connectivity index (χ3n) is 3.78. The van der Waals surface area contributed by atoms with Crippen molar-refractivity contribution in [3.05, 3.63) is 64.3 Å². The Balaban J connectivity index is 0.00000225. The Morgan fingerprint density at radius 1 is 1.32 bits per heavy atom. The maximum Gasteiger partial charge on any atom is 0.274 e. The van der Waals surface area contributed by atoms with E-state index in [-0.39, 0.29) is 42.0 Å². The molecular weight excluding hydrogens is 349 g/mol. The number of hydrogen-bond donors (Lipinski definition) is 2. The number of ether oxygens (including phenoxy) is 1. The molecule has 3 rings (SSSR count). The molecule has 1 saturated heterocycles. The van der Waals surface area contributed by atoms with Gasteiger partial charge in [0, 0.05) is 12.7 Å². The lowest BCUT2D eigenvalue weighted by molar-refractivity contribution is -0.120. The zero-order valence-corrected chi connectivity index (χ0v) is 14.2. The lowest BCUT2D eigenvalue weighted by Gasteiger charge is -2.22.